The van der Waals surface area contributed by atoms with Crippen LogP contribution in [0, 0.1) is 25.2 Å². The van der Waals surface area contributed by atoms with E-state index in [9.17, 15) is 4.79 Å². The van der Waals surface area contributed by atoms with Gasteiger partial charge in [0.1, 0.15) is 0 Å². The molecule has 0 unspecified atom stereocenters. The van der Waals surface area contributed by atoms with Gasteiger partial charge in [0.05, 0.1) is 5.41 Å². The van der Waals surface area contributed by atoms with Crippen molar-refractivity contribution < 1.29 is 4.79 Å². The van der Waals surface area contributed by atoms with E-state index in [0.717, 1.165) is 25.2 Å². The maximum absolute atomic E-state index is 12.9. The second-order valence-electron chi connectivity index (χ2n) is 6.43. The molecule has 1 saturated heterocycles. The highest BCUT2D eigenvalue weighted by atomic mass is 16.2. The van der Waals surface area contributed by atoms with Crippen molar-refractivity contribution in [2.45, 2.75) is 39.5 Å². The minimum atomic E-state index is -0.172. The molecule has 3 heteroatoms. The van der Waals surface area contributed by atoms with Crippen molar-refractivity contribution in [1.29, 1.82) is 0 Å². The molecule has 0 radical (unpaired) electrons. The molecule has 3 nitrogen and oxygen atoms in total. The molecule has 2 aliphatic rings. The normalized spacial score (nSPS) is 29.0. The van der Waals surface area contributed by atoms with Crippen molar-refractivity contribution >= 4 is 11.6 Å². The fraction of sp³-hybridized carbons (Fsp3) is 0.588. The molecular formula is C17H24N2O. The second-order valence-corrected chi connectivity index (χ2v) is 6.43. The van der Waals surface area contributed by atoms with Crippen molar-refractivity contribution in [1.82, 2.24) is 5.32 Å². The lowest BCUT2D eigenvalue weighted by Gasteiger charge is -2.37. The predicted molar refractivity (Wildman–Crippen MR) is 81.8 cm³/mol. The van der Waals surface area contributed by atoms with Crippen LogP contribution < -0.4 is 10.6 Å². The van der Waals surface area contributed by atoms with E-state index in [-0.39, 0.29) is 11.3 Å². The number of rotatable bonds is 2. The summed E-state index contributed by atoms with van der Waals surface area (Å²) in [4.78, 5) is 12.9. The fourth-order valence-electron chi connectivity index (χ4n) is 3.82. The summed E-state index contributed by atoms with van der Waals surface area (Å²) < 4.78 is 0. The van der Waals surface area contributed by atoms with Gasteiger partial charge in [-0.3, -0.25) is 4.79 Å². The lowest BCUT2D eigenvalue weighted by atomic mass is 9.67. The highest BCUT2D eigenvalue weighted by molar-refractivity contribution is 5.96. The van der Waals surface area contributed by atoms with Crippen LogP contribution in [0.25, 0.3) is 0 Å². The third-order valence-electron chi connectivity index (χ3n) is 5.34. The zero-order valence-electron chi connectivity index (χ0n) is 12.5. The van der Waals surface area contributed by atoms with Crippen molar-refractivity contribution in [2.24, 2.45) is 11.3 Å². The molecule has 1 saturated carbocycles. The Balaban J connectivity index is 1.83. The van der Waals surface area contributed by atoms with Gasteiger partial charge in [-0.2, -0.15) is 0 Å². The average Bonchev–Trinajstić information content (AvgIpc) is 2.89. The minimum absolute atomic E-state index is 0.172. The molecule has 2 atom stereocenters. The number of anilines is 1. The van der Waals surface area contributed by atoms with E-state index in [4.69, 9.17) is 0 Å². The number of hydrogen-bond donors (Lipinski definition) is 2. The smallest absolute Gasteiger partial charge is 0.232 e. The van der Waals surface area contributed by atoms with Crippen LogP contribution in [0.1, 0.15) is 36.8 Å². The standard InChI is InChI=1S/C17H24N2O/c1-12-6-5-8-15(13(12)2)19-16(20)17-9-4-3-7-14(17)10-18-11-17/h5-6,8,14,18H,3-4,7,9-11H2,1-2H3,(H,19,20)/t14-,17+/m0/s1. The van der Waals surface area contributed by atoms with Gasteiger partial charge in [0.2, 0.25) is 5.91 Å². The summed E-state index contributed by atoms with van der Waals surface area (Å²) in [5, 5.41) is 6.64. The molecule has 1 aromatic rings. The van der Waals surface area contributed by atoms with Gasteiger partial charge in [0.25, 0.3) is 0 Å². The van der Waals surface area contributed by atoms with Crippen LogP contribution in [-0.2, 0) is 4.79 Å². The van der Waals surface area contributed by atoms with E-state index in [0.29, 0.717) is 5.92 Å². The Labute approximate surface area is 121 Å². The number of nitrogens with one attached hydrogen (secondary N) is 2. The zero-order valence-corrected chi connectivity index (χ0v) is 12.5. The molecule has 1 heterocycles. The highest BCUT2D eigenvalue weighted by Crippen LogP contribution is 2.44. The Hall–Kier alpha value is -1.35. The van der Waals surface area contributed by atoms with E-state index in [1.807, 2.05) is 12.1 Å². The molecule has 2 fully saturated rings. The molecule has 1 aliphatic carbocycles. The Bertz CT molecular complexity index is 526. The maximum atomic E-state index is 12.9. The molecule has 2 N–H and O–H groups in total. The van der Waals surface area contributed by atoms with E-state index >= 15 is 0 Å². The van der Waals surface area contributed by atoms with Crippen LogP contribution in [0.4, 0.5) is 5.69 Å². The first-order valence-electron chi connectivity index (χ1n) is 7.72. The van der Waals surface area contributed by atoms with Crippen molar-refractivity contribution in [3.05, 3.63) is 29.3 Å². The van der Waals surface area contributed by atoms with Crippen LogP contribution in [0.5, 0.6) is 0 Å². The predicted octanol–water partition coefficient (Wildman–Crippen LogP) is 3.02. The Morgan fingerprint density at radius 2 is 2.20 bits per heavy atom. The number of carbonyl (C=O) groups excluding carboxylic acids is 1. The van der Waals surface area contributed by atoms with Crippen LogP contribution in [0.15, 0.2) is 18.2 Å². The monoisotopic (exact) mass is 272 g/mol. The van der Waals surface area contributed by atoms with E-state index in [1.54, 1.807) is 0 Å². The lowest BCUT2D eigenvalue weighted by Crippen LogP contribution is -2.44. The number of benzene rings is 1. The Kier molecular flexibility index (Phi) is 3.55. The second kappa shape index (κ2) is 5.21. The molecule has 1 aliphatic heterocycles. The van der Waals surface area contributed by atoms with Gasteiger partial charge in [0, 0.05) is 12.2 Å². The van der Waals surface area contributed by atoms with Gasteiger partial charge >= 0.3 is 0 Å². The number of carbonyl (C=O) groups is 1. The molecule has 1 aromatic carbocycles. The van der Waals surface area contributed by atoms with Crippen molar-refractivity contribution in [2.75, 3.05) is 18.4 Å². The average molecular weight is 272 g/mol. The summed E-state index contributed by atoms with van der Waals surface area (Å²) in [7, 11) is 0. The molecule has 0 aromatic heterocycles. The number of amides is 1. The van der Waals surface area contributed by atoms with E-state index < -0.39 is 0 Å². The summed E-state index contributed by atoms with van der Waals surface area (Å²) >= 11 is 0. The first kappa shape index (κ1) is 13.6. The van der Waals surface area contributed by atoms with Gasteiger partial charge in [-0.1, -0.05) is 25.0 Å². The molecule has 20 heavy (non-hydrogen) atoms. The summed E-state index contributed by atoms with van der Waals surface area (Å²) in [6, 6.07) is 6.11. The van der Waals surface area contributed by atoms with E-state index in [1.165, 1.54) is 30.4 Å². The van der Waals surface area contributed by atoms with Gasteiger partial charge in [-0.05, 0) is 56.3 Å². The largest absolute Gasteiger partial charge is 0.325 e. The SMILES string of the molecule is Cc1cccc(NC(=O)[C@@]23CCCC[C@H]2CNC3)c1C. The van der Waals surface area contributed by atoms with Gasteiger partial charge in [0.15, 0.2) is 0 Å². The van der Waals surface area contributed by atoms with Crippen molar-refractivity contribution in [3.63, 3.8) is 0 Å². The summed E-state index contributed by atoms with van der Waals surface area (Å²) in [6.45, 7) is 6.01. The summed E-state index contributed by atoms with van der Waals surface area (Å²) in [6.07, 6.45) is 4.66. The molecule has 0 bridgehead atoms. The van der Waals surface area contributed by atoms with Crippen LogP contribution in [-0.4, -0.2) is 19.0 Å². The molecular weight excluding hydrogens is 248 g/mol. The van der Waals surface area contributed by atoms with Crippen LogP contribution in [0.3, 0.4) is 0 Å². The third kappa shape index (κ3) is 2.14. The van der Waals surface area contributed by atoms with Gasteiger partial charge in [-0.25, -0.2) is 0 Å². The first-order chi connectivity index (χ1) is 9.63. The van der Waals surface area contributed by atoms with Crippen LogP contribution in [0.2, 0.25) is 0 Å². The molecule has 1 amide bonds. The maximum Gasteiger partial charge on any atom is 0.232 e. The molecule has 3 rings (SSSR count). The summed E-state index contributed by atoms with van der Waals surface area (Å²) in [5.74, 6) is 0.738. The van der Waals surface area contributed by atoms with Crippen LogP contribution >= 0.6 is 0 Å². The Morgan fingerprint density at radius 1 is 1.35 bits per heavy atom. The van der Waals surface area contributed by atoms with E-state index in [2.05, 4.69) is 30.5 Å². The quantitative estimate of drug-likeness (QED) is 0.869. The minimum Gasteiger partial charge on any atom is -0.325 e. The number of fused-ring (bicyclic) bond motifs is 1. The number of aryl methyl sites for hydroxylation is 1. The molecule has 0 spiro atoms. The van der Waals surface area contributed by atoms with Gasteiger partial charge < -0.3 is 10.6 Å². The molecule has 108 valence electrons. The zero-order chi connectivity index (χ0) is 14.2. The lowest BCUT2D eigenvalue weighted by molar-refractivity contribution is -0.128. The number of hydrogen-bond acceptors (Lipinski definition) is 2. The Morgan fingerprint density at radius 3 is 3.05 bits per heavy atom. The third-order valence-corrected chi connectivity index (χ3v) is 5.34. The highest BCUT2D eigenvalue weighted by Gasteiger charge is 2.49. The summed E-state index contributed by atoms with van der Waals surface area (Å²) in [5.41, 5.74) is 3.20. The topological polar surface area (TPSA) is 41.1 Å². The first-order valence-corrected chi connectivity index (χ1v) is 7.72. The van der Waals surface area contributed by atoms with Crippen molar-refractivity contribution in [3.8, 4) is 0 Å². The van der Waals surface area contributed by atoms with Gasteiger partial charge in [-0.15, -0.1) is 0 Å². The fourth-order valence-corrected chi connectivity index (χ4v) is 3.82.